The normalized spacial score (nSPS) is 10.9. The zero-order chi connectivity index (χ0) is 14.1. The van der Waals surface area contributed by atoms with Gasteiger partial charge in [0, 0.05) is 38.7 Å². The third kappa shape index (κ3) is 5.89. The van der Waals surface area contributed by atoms with Crippen molar-refractivity contribution in [1.82, 2.24) is 10.3 Å². The van der Waals surface area contributed by atoms with Crippen molar-refractivity contribution < 1.29 is 4.74 Å². The van der Waals surface area contributed by atoms with E-state index in [0.717, 1.165) is 37.1 Å². The minimum absolute atomic E-state index is 0.752. The van der Waals surface area contributed by atoms with Crippen molar-refractivity contribution in [2.24, 2.45) is 0 Å². The standard InChI is InChI=1S/C14H27N3OS/c1-5-6-7-9-17(3)14-16-12(2)13(19-14)11-15-8-10-18-4/h15H,5-11H2,1-4H3. The lowest BCUT2D eigenvalue weighted by Crippen LogP contribution is -2.18. The summed E-state index contributed by atoms with van der Waals surface area (Å²) in [4.78, 5) is 8.26. The molecule has 0 saturated heterocycles. The molecule has 0 radical (unpaired) electrons. The van der Waals surface area contributed by atoms with Gasteiger partial charge in [0.15, 0.2) is 5.13 Å². The fourth-order valence-electron chi connectivity index (χ4n) is 1.81. The van der Waals surface area contributed by atoms with Crippen LogP contribution in [-0.4, -0.2) is 38.8 Å². The average Bonchev–Trinajstić information content (AvgIpc) is 2.76. The maximum absolute atomic E-state index is 5.03. The number of anilines is 1. The van der Waals surface area contributed by atoms with Crippen molar-refractivity contribution in [2.75, 3.05) is 38.8 Å². The van der Waals surface area contributed by atoms with E-state index in [9.17, 15) is 0 Å². The molecule has 1 aromatic rings. The van der Waals surface area contributed by atoms with Gasteiger partial charge in [0.05, 0.1) is 12.3 Å². The molecule has 0 spiro atoms. The molecule has 0 aliphatic rings. The van der Waals surface area contributed by atoms with Gasteiger partial charge in [0.25, 0.3) is 0 Å². The highest BCUT2D eigenvalue weighted by Crippen LogP contribution is 2.25. The van der Waals surface area contributed by atoms with Crippen LogP contribution in [0.25, 0.3) is 0 Å². The number of aryl methyl sites for hydroxylation is 1. The van der Waals surface area contributed by atoms with Crippen molar-refractivity contribution in [2.45, 2.75) is 39.7 Å². The molecule has 1 N–H and O–H groups in total. The number of ether oxygens (including phenoxy) is 1. The molecule has 5 heteroatoms. The Morgan fingerprint density at radius 2 is 2.16 bits per heavy atom. The third-order valence-corrected chi connectivity index (χ3v) is 4.35. The lowest BCUT2D eigenvalue weighted by Gasteiger charge is -2.14. The zero-order valence-corrected chi connectivity index (χ0v) is 13.5. The van der Waals surface area contributed by atoms with Crippen LogP contribution in [0.15, 0.2) is 0 Å². The summed E-state index contributed by atoms with van der Waals surface area (Å²) in [7, 11) is 3.86. The number of aromatic nitrogens is 1. The molecule has 1 rings (SSSR count). The number of nitrogens with zero attached hydrogens (tertiary/aromatic N) is 2. The Kier molecular flexibility index (Phi) is 8.02. The molecule has 4 nitrogen and oxygen atoms in total. The fraction of sp³-hybridized carbons (Fsp3) is 0.786. The largest absolute Gasteiger partial charge is 0.383 e. The Labute approximate surface area is 121 Å². The van der Waals surface area contributed by atoms with Gasteiger partial charge in [-0.2, -0.15) is 0 Å². The van der Waals surface area contributed by atoms with Crippen molar-refractivity contribution in [1.29, 1.82) is 0 Å². The Balaban J connectivity index is 2.43. The molecule has 0 aliphatic carbocycles. The quantitative estimate of drug-likeness (QED) is 0.671. The second-order valence-corrected chi connectivity index (χ2v) is 5.87. The lowest BCUT2D eigenvalue weighted by atomic mass is 10.2. The first kappa shape index (κ1) is 16.4. The minimum Gasteiger partial charge on any atom is -0.383 e. The van der Waals surface area contributed by atoms with Crippen LogP contribution in [0.1, 0.15) is 36.8 Å². The average molecular weight is 285 g/mol. The van der Waals surface area contributed by atoms with Crippen molar-refractivity contribution >= 4 is 16.5 Å². The predicted molar refractivity (Wildman–Crippen MR) is 83.2 cm³/mol. The lowest BCUT2D eigenvalue weighted by molar-refractivity contribution is 0.199. The smallest absolute Gasteiger partial charge is 0.185 e. The van der Waals surface area contributed by atoms with E-state index in [2.05, 4.69) is 36.1 Å². The molecule has 1 aromatic heterocycles. The van der Waals surface area contributed by atoms with Crippen molar-refractivity contribution in [3.63, 3.8) is 0 Å². The van der Waals surface area contributed by atoms with Crippen LogP contribution in [0, 0.1) is 6.92 Å². The van der Waals surface area contributed by atoms with Gasteiger partial charge in [-0.05, 0) is 13.3 Å². The molecule has 0 fully saturated rings. The highest BCUT2D eigenvalue weighted by atomic mass is 32.1. The topological polar surface area (TPSA) is 37.4 Å². The Bertz CT molecular complexity index is 354. The SMILES string of the molecule is CCCCCN(C)c1nc(C)c(CNCCOC)s1. The van der Waals surface area contributed by atoms with Gasteiger partial charge in [0.1, 0.15) is 0 Å². The van der Waals surface area contributed by atoms with Gasteiger partial charge >= 0.3 is 0 Å². The number of thiazole rings is 1. The summed E-state index contributed by atoms with van der Waals surface area (Å²) < 4.78 is 5.03. The van der Waals surface area contributed by atoms with Crippen LogP contribution in [0.3, 0.4) is 0 Å². The monoisotopic (exact) mass is 285 g/mol. The van der Waals surface area contributed by atoms with Crippen LogP contribution in [0.4, 0.5) is 5.13 Å². The number of hydrogen-bond donors (Lipinski definition) is 1. The highest BCUT2D eigenvalue weighted by Gasteiger charge is 2.10. The Morgan fingerprint density at radius 3 is 2.84 bits per heavy atom. The van der Waals surface area contributed by atoms with E-state index in [1.54, 1.807) is 18.4 Å². The third-order valence-electron chi connectivity index (χ3n) is 3.07. The summed E-state index contributed by atoms with van der Waals surface area (Å²) in [6.45, 7) is 7.94. The summed E-state index contributed by atoms with van der Waals surface area (Å²) in [5.41, 5.74) is 1.15. The van der Waals surface area contributed by atoms with Gasteiger partial charge in [-0.15, -0.1) is 11.3 Å². The van der Waals surface area contributed by atoms with E-state index >= 15 is 0 Å². The van der Waals surface area contributed by atoms with E-state index in [0.29, 0.717) is 0 Å². The highest BCUT2D eigenvalue weighted by molar-refractivity contribution is 7.15. The number of unbranched alkanes of at least 4 members (excludes halogenated alkanes) is 2. The molecule has 0 saturated carbocycles. The van der Waals surface area contributed by atoms with Crippen molar-refractivity contribution in [3.05, 3.63) is 10.6 Å². The number of hydrogen-bond acceptors (Lipinski definition) is 5. The molecule has 0 bridgehead atoms. The molecule has 0 atom stereocenters. The summed E-state index contributed by atoms with van der Waals surface area (Å²) in [5, 5.41) is 4.51. The summed E-state index contributed by atoms with van der Waals surface area (Å²) in [6.07, 6.45) is 3.80. The second kappa shape index (κ2) is 9.28. The van der Waals surface area contributed by atoms with E-state index in [-0.39, 0.29) is 0 Å². The van der Waals surface area contributed by atoms with Crippen LogP contribution >= 0.6 is 11.3 Å². The first-order valence-corrected chi connectivity index (χ1v) is 7.87. The predicted octanol–water partition coefficient (Wildman–Crippen LogP) is 2.81. The second-order valence-electron chi connectivity index (χ2n) is 4.80. The van der Waals surface area contributed by atoms with Gasteiger partial charge in [-0.1, -0.05) is 19.8 Å². The first-order valence-electron chi connectivity index (χ1n) is 7.06. The van der Waals surface area contributed by atoms with Gasteiger partial charge in [-0.25, -0.2) is 4.98 Å². The molecule has 0 amide bonds. The number of nitrogens with one attached hydrogen (secondary N) is 1. The molecule has 19 heavy (non-hydrogen) atoms. The van der Waals surface area contributed by atoms with Crippen molar-refractivity contribution in [3.8, 4) is 0 Å². The molecular weight excluding hydrogens is 258 g/mol. The number of methoxy groups -OCH3 is 1. The van der Waals surface area contributed by atoms with E-state index in [1.807, 2.05) is 0 Å². The maximum atomic E-state index is 5.03. The van der Waals surface area contributed by atoms with Crippen LogP contribution in [0.2, 0.25) is 0 Å². The molecule has 1 heterocycles. The summed E-state index contributed by atoms with van der Waals surface area (Å²) in [5.74, 6) is 0. The minimum atomic E-state index is 0.752. The zero-order valence-electron chi connectivity index (χ0n) is 12.7. The number of rotatable bonds is 10. The Hall–Kier alpha value is -0.650. The molecule has 0 aromatic carbocycles. The summed E-state index contributed by atoms with van der Waals surface area (Å²) in [6, 6.07) is 0. The summed E-state index contributed by atoms with van der Waals surface area (Å²) >= 11 is 1.80. The molecular formula is C14H27N3OS. The molecule has 110 valence electrons. The van der Waals surface area contributed by atoms with E-state index in [4.69, 9.17) is 4.74 Å². The van der Waals surface area contributed by atoms with E-state index in [1.165, 1.54) is 24.1 Å². The van der Waals surface area contributed by atoms with Gasteiger partial charge in [0.2, 0.25) is 0 Å². The van der Waals surface area contributed by atoms with E-state index < -0.39 is 0 Å². The van der Waals surface area contributed by atoms with Gasteiger partial charge < -0.3 is 15.0 Å². The van der Waals surface area contributed by atoms with Gasteiger partial charge in [-0.3, -0.25) is 0 Å². The molecule has 0 aliphatic heterocycles. The first-order chi connectivity index (χ1) is 9.19. The van der Waals surface area contributed by atoms with Crippen LogP contribution in [-0.2, 0) is 11.3 Å². The Morgan fingerprint density at radius 1 is 1.37 bits per heavy atom. The van der Waals surface area contributed by atoms with Crippen LogP contribution < -0.4 is 10.2 Å². The maximum Gasteiger partial charge on any atom is 0.185 e. The van der Waals surface area contributed by atoms with Crippen LogP contribution in [0.5, 0.6) is 0 Å². The fourth-order valence-corrected chi connectivity index (χ4v) is 2.83. The molecule has 0 unspecified atom stereocenters.